The van der Waals surface area contributed by atoms with Crippen LogP contribution in [0.2, 0.25) is 0 Å². The predicted octanol–water partition coefficient (Wildman–Crippen LogP) is 5.80. The van der Waals surface area contributed by atoms with Gasteiger partial charge in [0.1, 0.15) is 0 Å². The average Bonchev–Trinajstić information content (AvgIpc) is 2.59. The normalized spacial score (nSPS) is 24.9. The van der Waals surface area contributed by atoms with Gasteiger partial charge in [0.05, 0.1) is 6.10 Å². The van der Waals surface area contributed by atoms with Gasteiger partial charge in [0, 0.05) is 37.2 Å². The predicted molar refractivity (Wildman–Crippen MR) is 94.4 cm³/mol. The van der Waals surface area contributed by atoms with Gasteiger partial charge < -0.3 is 10.9 Å². The fourth-order valence-electron chi connectivity index (χ4n) is 3.68. The Kier molecular flexibility index (Phi) is 13.9. The van der Waals surface area contributed by atoms with E-state index in [1.165, 1.54) is 83.5 Å². The standard InChI is InChI=1S/C12H24NO2P.C6H11.U/c14-16(13-11-7-3-1-4-8-11)15-12-9-5-2-6-10-12;1-2-4-6-5-3-1;/h11-12,16H,1-10H2,(H,13,14);1H,2-6H2;/q;-1;. The van der Waals surface area contributed by atoms with Gasteiger partial charge in [0.15, 0.2) is 0 Å². The van der Waals surface area contributed by atoms with Crippen molar-refractivity contribution in [3.05, 3.63) is 6.42 Å². The van der Waals surface area contributed by atoms with Crippen molar-refractivity contribution in [2.45, 2.75) is 108 Å². The van der Waals surface area contributed by atoms with Crippen LogP contribution in [0.15, 0.2) is 0 Å². The molecule has 3 aliphatic carbocycles. The van der Waals surface area contributed by atoms with Crippen molar-refractivity contribution in [1.29, 1.82) is 0 Å². The zero-order valence-corrected chi connectivity index (χ0v) is 19.8. The van der Waals surface area contributed by atoms with Crippen LogP contribution < -0.4 is 5.09 Å². The molecule has 0 saturated heterocycles. The molecule has 23 heavy (non-hydrogen) atoms. The molecule has 1 unspecified atom stereocenters. The molecule has 0 bridgehead atoms. The van der Waals surface area contributed by atoms with Crippen molar-refractivity contribution in [3.8, 4) is 0 Å². The van der Waals surface area contributed by atoms with Crippen molar-refractivity contribution in [2.75, 3.05) is 0 Å². The van der Waals surface area contributed by atoms with Crippen LogP contribution in [0.25, 0.3) is 0 Å². The Balaban J connectivity index is 0.000000320. The molecule has 0 amide bonds. The third-order valence-corrected chi connectivity index (χ3v) is 6.26. The molecule has 0 aromatic heterocycles. The van der Waals surface area contributed by atoms with E-state index in [2.05, 4.69) is 11.5 Å². The Bertz CT molecular complexity index is 268. The molecule has 3 aliphatic rings. The minimum absolute atomic E-state index is 0. The van der Waals surface area contributed by atoms with E-state index >= 15 is 0 Å². The summed E-state index contributed by atoms with van der Waals surface area (Å²) in [4.78, 5) is 0. The number of hydrogen-bond donors (Lipinski definition) is 1. The van der Waals surface area contributed by atoms with Gasteiger partial charge in [-0.15, -0.1) is 0 Å². The molecular weight excluding hydrogens is 531 g/mol. The van der Waals surface area contributed by atoms with Crippen molar-refractivity contribution >= 4 is 8.18 Å². The van der Waals surface area contributed by atoms with Gasteiger partial charge in [-0.2, -0.15) is 12.8 Å². The van der Waals surface area contributed by atoms with Crippen LogP contribution in [-0.2, 0) is 9.09 Å². The minimum atomic E-state index is -1.99. The zero-order chi connectivity index (χ0) is 15.5. The largest absolute Gasteiger partial charge is 0.328 e. The molecule has 1 N–H and O–H groups in total. The summed E-state index contributed by atoms with van der Waals surface area (Å²) < 4.78 is 17.5. The van der Waals surface area contributed by atoms with E-state index in [1.54, 1.807) is 0 Å². The van der Waals surface area contributed by atoms with E-state index in [-0.39, 0.29) is 37.2 Å². The molecule has 134 valence electrons. The van der Waals surface area contributed by atoms with Gasteiger partial charge in [-0.25, -0.2) is 5.09 Å². The average molecular weight is 566 g/mol. The number of hydrogen-bond acceptors (Lipinski definition) is 2. The first-order chi connectivity index (χ1) is 10.8. The maximum absolute atomic E-state index is 11.8. The molecule has 0 aliphatic heterocycles. The Morgan fingerprint density at radius 1 is 0.783 bits per heavy atom. The van der Waals surface area contributed by atoms with Gasteiger partial charge in [-0.05, 0) is 25.7 Å². The minimum Gasteiger partial charge on any atom is -0.328 e. The zero-order valence-electron chi connectivity index (χ0n) is 14.7. The van der Waals surface area contributed by atoms with Crippen LogP contribution in [0.1, 0.15) is 96.3 Å². The fourth-order valence-corrected chi connectivity index (χ4v) is 4.91. The van der Waals surface area contributed by atoms with Crippen LogP contribution in [0.4, 0.5) is 0 Å². The van der Waals surface area contributed by atoms with E-state index in [0.29, 0.717) is 6.04 Å². The first kappa shape index (κ1) is 22.2. The summed E-state index contributed by atoms with van der Waals surface area (Å²) in [5.74, 6) is 0. The van der Waals surface area contributed by atoms with Crippen LogP contribution in [0.5, 0.6) is 0 Å². The van der Waals surface area contributed by atoms with E-state index in [1.807, 2.05) is 0 Å². The summed E-state index contributed by atoms with van der Waals surface area (Å²) in [7, 11) is -1.99. The molecule has 5 heteroatoms. The van der Waals surface area contributed by atoms with E-state index in [9.17, 15) is 4.57 Å². The molecule has 3 saturated carbocycles. The van der Waals surface area contributed by atoms with E-state index < -0.39 is 8.18 Å². The number of rotatable bonds is 4. The van der Waals surface area contributed by atoms with Gasteiger partial charge in [-0.1, -0.05) is 57.8 Å². The first-order valence-corrected chi connectivity index (χ1v) is 10.9. The monoisotopic (exact) mass is 566 g/mol. The number of nitrogens with one attached hydrogen (secondary N) is 1. The summed E-state index contributed by atoms with van der Waals surface area (Å²) in [5.41, 5.74) is 0. The molecule has 0 aromatic carbocycles. The smallest absolute Gasteiger partial charge is 0.258 e. The molecule has 0 aromatic rings. The van der Waals surface area contributed by atoms with Crippen molar-refractivity contribution < 1.29 is 40.2 Å². The Morgan fingerprint density at radius 2 is 1.30 bits per heavy atom. The Morgan fingerprint density at radius 3 is 1.78 bits per heavy atom. The van der Waals surface area contributed by atoms with Crippen LogP contribution in [0, 0.1) is 37.5 Å². The molecule has 0 heterocycles. The molecule has 3 fully saturated rings. The topological polar surface area (TPSA) is 38.3 Å². The maximum atomic E-state index is 11.8. The second-order valence-electron chi connectivity index (χ2n) is 7.07. The van der Waals surface area contributed by atoms with E-state index in [0.717, 1.165) is 12.8 Å². The third kappa shape index (κ3) is 10.7. The maximum Gasteiger partial charge on any atom is 0.258 e. The van der Waals surface area contributed by atoms with Gasteiger partial charge in [0.2, 0.25) is 0 Å². The summed E-state index contributed by atoms with van der Waals surface area (Å²) >= 11 is 0. The molecule has 3 rings (SSSR count). The second kappa shape index (κ2) is 14.4. The molecule has 0 radical (unpaired) electrons. The van der Waals surface area contributed by atoms with Crippen LogP contribution in [0.3, 0.4) is 0 Å². The summed E-state index contributed by atoms with van der Waals surface area (Å²) in [5, 5.41) is 3.19. The molecule has 3 nitrogen and oxygen atoms in total. The van der Waals surface area contributed by atoms with Gasteiger partial charge >= 0.3 is 0 Å². The SMILES string of the molecule is O=[PH](NC1CCCCC1)OC1CCCCC1.[CH-]1CCCCC1.[U]. The first-order valence-electron chi connectivity index (χ1n) is 9.63. The Hall–Kier alpha value is 1.20. The van der Waals surface area contributed by atoms with Gasteiger partial charge in [0.25, 0.3) is 8.18 Å². The Labute approximate surface area is 167 Å². The van der Waals surface area contributed by atoms with Crippen molar-refractivity contribution in [2.24, 2.45) is 0 Å². The van der Waals surface area contributed by atoms with Crippen LogP contribution in [-0.4, -0.2) is 12.1 Å². The summed E-state index contributed by atoms with van der Waals surface area (Å²) in [6, 6.07) is 0.448. The quantitative estimate of drug-likeness (QED) is 0.345. The second-order valence-corrected chi connectivity index (χ2v) is 8.17. The fraction of sp³-hybridized carbons (Fsp3) is 0.944. The van der Waals surface area contributed by atoms with Crippen molar-refractivity contribution in [3.63, 3.8) is 0 Å². The molecular formula is C18H35NO2PU-. The van der Waals surface area contributed by atoms with Crippen molar-refractivity contribution in [1.82, 2.24) is 5.09 Å². The third-order valence-electron chi connectivity index (χ3n) is 5.07. The molecule has 0 spiro atoms. The van der Waals surface area contributed by atoms with E-state index in [4.69, 9.17) is 4.52 Å². The summed E-state index contributed by atoms with van der Waals surface area (Å²) in [6.45, 7) is 0. The van der Waals surface area contributed by atoms with Crippen LogP contribution >= 0.6 is 8.18 Å². The van der Waals surface area contributed by atoms with Gasteiger partial charge in [-0.3, -0.25) is 4.57 Å². The summed E-state index contributed by atoms with van der Waals surface area (Å²) in [6.07, 6.45) is 22.0. The molecule has 1 atom stereocenters.